The lowest BCUT2D eigenvalue weighted by molar-refractivity contribution is -0.137. The predicted octanol–water partition coefficient (Wildman–Crippen LogP) is 0.344. The van der Waals surface area contributed by atoms with Crippen LogP contribution < -0.4 is 5.56 Å². The van der Waals surface area contributed by atoms with Gasteiger partial charge in [0.25, 0.3) is 5.56 Å². The van der Waals surface area contributed by atoms with Gasteiger partial charge in [-0.25, -0.2) is 9.59 Å². The Bertz CT molecular complexity index is 556. The Hall–Kier alpha value is -2.37. The topological polar surface area (TPSA) is 74.6 Å². The highest BCUT2D eigenvalue weighted by atomic mass is 16.5. The number of rotatable bonds is 3. The van der Waals surface area contributed by atoms with Gasteiger partial charge in [0.15, 0.2) is 0 Å². The van der Waals surface area contributed by atoms with Crippen LogP contribution in [0.1, 0.15) is 5.69 Å². The van der Waals surface area contributed by atoms with E-state index in [1.165, 1.54) is 13.2 Å². The average Bonchev–Trinajstić information content (AvgIpc) is 2.36. The van der Waals surface area contributed by atoms with Gasteiger partial charge in [0.1, 0.15) is 5.70 Å². The number of carbonyl (C=O) groups is 2. The normalized spacial score (nSPS) is 10.9. The van der Waals surface area contributed by atoms with Gasteiger partial charge in [-0.2, -0.15) is 0 Å². The molecule has 1 aromatic rings. The molecular weight excluding hydrogens is 238 g/mol. The number of hydrogen-bond acceptors (Lipinski definition) is 5. The third-order valence-electron chi connectivity index (χ3n) is 2.24. The molecule has 0 fully saturated rings. The van der Waals surface area contributed by atoms with Crippen LogP contribution in [-0.4, -0.2) is 30.7 Å². The Morgan fingerprint density at radius 2 is 1.89 bits per heavy atom. The maximum absolute atomic E-state index is 11.7. The molecular formula is C12H13NO5. The van der Waals surface area contributed by atoms with Gasteiger partial charge in [-0.15, -0.1) is 0 Å². The summed E-state index contributed by atoms with van der Waals surface area (Å²) >= 11 is 0. The van der Waals surface area contributed by atoms with Crippen molar-refractivity contribution < 1.29 is 19.1 Å². The van der Waals surface area contributed by atoms with Crippen molar-refractivity contribution in [2.45, 2.75) is 6.92 Å². The first-order chi connectivity index (χ1) is 8.51. The molecule has 0 bridgehead atoms. The molecule has 6 heteroatoms. The Balaban J connectivity index is 3.45. The zero-order valence-corrected chi connectivity index (χ0v) is 10.3. The number of esters is 2. The molecule has 0 unspecified atom stereocenters. The smallest absolute Gasteiger partial charge is 0.355 e. The van der Waals surface area contributed by atoms with Crippen molar-refractivity contribution in [3.05, 3.63) is 40.3 Å². The van der Waals surface area contributed by atoms with Crippen molar-refractivity contribution in [3.63, 3.8) is 0 Å². The molecule has 6 nitrogen and oxygen atoms in total. The molecule has 0 spiro atoms. The van der Waals surface area contributed by atoms with E-state index >= 15 is 0 Å². The van der Waals surface area contributed by atoms with E-state index in [1.807, 2.05) is 0 Å². The first kappa shape index (κ1) is 13.7. The number of aryl methyl sites for hydroxylation is 1. The minimum Gasteiger partial charge on any atom is -0.466 e. The summed E-state index contributed by atoms with van der Waals surface area (Å²) < 4.78 is 10.1. The molecule has 0 aliphatic heterocycles. The van der Waals surface area contributed by atoms with Crippen LogP contribution in [-0.2, 0) is 19.1 Å². The largest absolute Gasteiger partial charge is 0.466 e. The number of hydrogen-bond donors (Lipinski definition) is 0. The van der Waals surface area contributed by atoms with Crippen LogP contribution >= 0.6 is 0 Å². The van der Waals surface area contributed by atoms with Gasteiger partial charge in [0.05, 0.1) is 20.3 Å². The summed E-state index contributed by atoms with van der Waals surface area (Å²) in [5.41, 5.74) is -0.119. The third-order valence-corrected chi connectivity index (χ3v) is 2.24. The standard InChI is InChI=1S/C12H13NO5/c1-8-5-4-6-10(14)13(8)9(12(16)18-3)7-11(15)17-2/h4-7H,1-3H3/b9-7+. The molecule has 96 valence electrons. The van der Waals surface area contributed by atoms with Gasteiger partial charge in [-0.05, 0) is 13.0 Å². The van der Waals surface area contributed by atoms with Crippen LogP contribution in [0.2, 0.25) is 0 Å². The van der Waals surface area contributed by atoms with E-state index < -0.39 is 17.5 Å². The van der Waals surface area contributed by atoms with Crippen molar-refractivity contribution in [2.24, 2.45) is 0 Å². The molecule has 0 saturated carbocycles. The maximum Gasteiger partial charge on any atom is 0.355 e. The molecule has 0 saturated heterocycles. The number of nitrogens with zero attached hydrogens (tertiary/aromatic N) is 1. The second-order valence-corrected chi connectivity index (χ2v) is 3.39. The van der Waals surface area contributed by atoms with Crippen LogP contribution in [0.4, 0.5) is 0 Å². The van der Waals surface area contributed by atoms with E-state index in [4.69, 9.17) is 0 Å². The molecule has 0 aliphatic carbocycles. The second kappa shape index (κ2) is 5.81. The summed E-state index contributed by atoms with van der Waals surface area (Å²) in [6.45, 7) is 1.63. The molecule has 1 heterocycles. The van der Waals surface area contributed by atoms with Crippen LogP contribution in [0.5, 0.6) is 0 Å². The average molecular weight is 251 g/mol. The zero-order valence-electron chi connectivity index (χ0n) is 10.3. The lowest BCUT2D eigenvalue weighted by Gasteiger charge is -2.11. The molecule has 0 N–H and O–H groups in total. The first-order valence-electron chi connectivity index (χ1n) is 5.08. The van der Waals surface area contributed by atoms with Crippen LogP contribution in [0.3, 0.4) is 0 Å². The molecule has 18 heavy (non-hydrogen) atoms. The summed E-state index contributed by atoms with van der Waals surface area (Å²) in [5, 5.41) is 0. The first-order valence-corrected chi connectivity index (χ1v) is 5.08. The highest BCUT2D eigenvalue weighted by Crippen LogP contribution is 2.08. The zero-order chi connectivity index (χ0) is 13.7. The summed E-state index contributed by atoms with van der Waals surface area (Å²) in [6, 6.07) is 4.47. The number of carbonyl (C=O) groups excluding carboxylic acids is 2. The fourth-order valence-corrected chi connectivity index (χ4v) is 1.39. The minimum atomic E-state index is -0.795. The minimum absolute atomic E-state index is 0.188. The predicted molar refractivity (Wildman–Crippen MR) is 63.7 cm³/mol. The SMILES string of the molecule is COC(=O)/C=C(\C(=O)OC)n1c(C)cccc1=O. The Morgan fingerprint density at radius 3 is 2.39 bits per heavy atom. The third kappa shape index (κ3) is 2.85. The highest BCUT2D eigenvalue weighted by molar-refractivity contribution is 6.14. The number of ether oxygens (including phenoxy) is 2. The van der Waals surface area contributed by atoms with Gasteiger partial charge < -0.3 is 9.47 Å². The van der Waals surface area contributed by atoms with Crippen molar-refractivity contribution in [1.29, 1.82) is 0 Å². The van der Waals surface area contributed by atoms with E-state index in [0.29, 0.717) is 5.69 Å². The van der Waals surface area contributed by atoms with Gasteiger partial charge in [0, 0.05) is 11.8 Å². The van der Waals surface area contributed by atoms with Crippen molar-refractivity contribution in [3.8, 4) is 0 Å². The molecule has 0 radical (unpaired) electrons. The van der Waals surface area contributed by atoms with E-state index in [-0.39, 0.29) is 5.70 Å². The van der Waals surface area contributed by atoms with Gasteiger partial charge >= 0.3 is 11.9 Å². The van der Waals surface area contributed by atoms with Crippen LogP contribution in [0.15, 0.2) is 29.1 Å². The second-order valence-electron chi connectivity index (χ2n) is 3.39. The van der Waals surface area contributed by atoms with Gasteiger partial charge in [-0.3, -0.25) is 9.36 Å². The summed E-state index contributed by atoms with van der Waals surface area (Å²) in [5.74, 6) is -1.54. The fourth-order valence-electron chi connectivity index (χ4n) is 1.39. The highest BCUT2D eigenvalue weighted by Gasteiger charge is 2.17. The number of pyridine rings is 1. The summed E-state index contributed by atoms with van der Waals surface area (Å²) in [7, 11) is 2.34. The molecule has 1 rings (SSSR count). The number of methoxy groups -OCH3 is 2. The fraction of sp³-hybridized carbons (Fsp3) is 0.250. The number of aromatic nitrogens is 1. The lowest BCUT2D eigenvalue weighted by Crippen LogP contribution is -2.25. The van der Waals surface area contributed by atoms with E-state index in [0.717, 1.165) is 17.8 Å². The van der Waals surface area contributed by atoms with Crippen LogP contribution in [0.25, 0.3) is 5.70 Å². The monoisotopic (exact) mass is 251 g/mol. The van der Waals surface area contributed by atoms with Crippen molar-refractivity contribution in [2.75, 3.05) is 14.2 Å². The molecule has 0 aliphatic rings. The van der Waals surface area contributed by atoms with E-state index in [1.54, 1.807) is 19.1 Å². The molecule has 0 amide bonds. The van der Waals surface area contributed by atoms with Crippen LogP contribution in [0, 0.1) is 6.92 Å². The summed E-state index contributed by atoms with van der Waals surface area (Å²) in [4.78, 5) is 34.6. The Morgan fingerprint density at radius 1 is 1.22 bits per heavy atom. The quantitative estimate of drug-likeness (QED) is 0.572. The molecule has 1 aromatic heterocycles. The molecule has 0 aromatic carbocycles. The Labute approximate surface area is 103 Å². The molecule has 0 atom stereocenters. The summed E-state index contributed by atoms with van der Waals surface area (Å²) in [6.07, 6.45) is 0.917. The van der Waals surface area contributed by atoms with Crippen molar-refractivity contribution in [1.82, 2.24) is 4.57 Å². The van der Waals surface area contributed by atoms with E-state index in [2.05, 4.69) is 9.47 Å². The van der Waals surface area contributed by atoms with Crippen molar-refractivity contribution >= 4 is 17.6 Å². The van der Waals surface area contributed by atoms with E-state index in [9.17, 15) is 14.4 Å². The van der Waals surface area contributed by atoms with Gasteiger partial charge in [-0.1, -0.05) is 6.07 Å². The lowest BCUT2D eigenvalue weighted by atomic mass is 10.3. The Kier molecular flexibility index (Phi) is 4.42. The maximum atomic E-state index is 11.7. The van der Waals surface area contributed by atoms with Gasteiger partial charge in [0.2, 0.25) is 0 Å².